The number of anilines is 1. The predicted molar refractivity (Wildman–Crippen MR) is 63.8 cm³/mol. The van der Waals surface area contributed by atoms with Crippen LogP contribution in [0.2, 0.25) is 5.02 Å². The number of nitrogens with zero attached hydrogens (tertiary/aromatic N) is 2. The molecule has 2 rings (SSSR count). The number of ether oxygens (including phenoxy) is 1. The van der Waals surface area contributed by atoms with Crippen LogP contribution in [-0.2, 0) is 4.74 Å². The number of rotatable bonds is 2. The largest absolute Gasteiger partial charge is 0.478 e. The summed E-state index contributed by atoms with van der Waals surface area (Å²) >= 11 is 6.06. The molecule has 0 amide bonds. The summed E-state index contributed by atoms with van der Waals surface area (Å²) in [6.07, 6.45) is 1.56. The number of hydrogen-bond donors (Lipinski definition) is 1. The number of morpholine rings is 1. The van der Waals surface area contributed by atoms with Crippen LogP contribution in [0, 0.1) is 0 Å². The van der Waals surface area contributed by atoms with Crippen LogP contribution >= 0.6 is 11.6 Å². The van der Waals surface area contributed by atoms with Crippen LogP contribution in [-0.4, -0.2) is 41.9 Å². The zero-order valence-electron chi connectivity index (χ0n) is 9.39. The van der Waals surface area contributed by atoms with Crippen LogP contribution in [0.3, 0.4) is 0 Å². The number of halogens is 1. The molecule has 1 fully saturated rings. The van der Waals surface area contributed by atoms with Gasteiger partial charge in [-0.05, 0) is 13.0 Å². The van der Waals surface area contributed by atoms with Gasteiger partial charge in [0.1, 0.15) is 5.82 Å². The van der Waals surface area contributed by atoms with Crippen molar-refractivity contribution in [3.05, 3.63) is 22.8 Å². The molecule has 1 atom stereocenters. The zero-order valence-corrected chi connectivity index (χ0v) is 10.1. The summed E-state index contributed by atoms with van der Waals surface area (Å²) in [6, 6.07) is 1.40. The van der Waals surface area contributed by atoms with Gasteiger partial charge in [-0.1, -0.05) is 11.6 Å². The zero-order chi connectivity index (χ0) is 12.4. The van der Waals surface area contributed by atoms with E-state index in [1.54, 1.807) is 0 Å². The SMILES string of the molecule is CC1CN(c2nccc(C(=O)O)c2Cl)CCO1. The summed E-state index contributed by atoms with van der Waals surface area (Å²) in [5, 5.41) is 9.17. The first kappa shape index (κ1) is 12.1. The maximum absolute atomic E-state index is 11.0. The Morgan fingerprint density at radius 1 is 1.71 bits per heavy atom. The number of carboxylic acids is 1. The van der Waals surface area contributed by atoms with Gasteiger partial charge < -0.3 is 14.7 Å². The monoisotopic (exact) mass is 256 g/mol. The molecule has 0 aromatic carbocycles. The molecule has 0 spiro atoms. The molecular weight excluding hydrogens is 244 g/mol. The average molecular weight is 257 g/mol. The molecule has 1 aromatic rings. The van der Waals surface area contributed by atoms with E-state index in [2.05, 4.69) is 4.98 Å². The Hall–Kier alpha value is -1.33. The van der Waals surface area contributed by atoms with E-state index >= 15 is 0 Å². The first-order valence-corrected chi connectivity index (χ1v) is 5.71. The first-order valence-electron chi connectivity index (χ1n) is 5.34. The van der Waals surface area contributed by atoms with Crippen LogP contribution in [0.5, 0.6) is 0 Å². The molecule has 1 unspecified atom stereocenters. The van der Waals surface area contributed by atoms with Crippen molar-refractivity contribution < 1.29 is 14.6 Å². The lowest BCUT2D eigenvalue weighted by atomic mass is 10.2. The molecule has 1 aromatic heterocycles. The molecule has 1 saturated heterocycles. The second-order valence-corrected chi connectivity index (χ2v) is 4.31. The minimum atomic E-state index is -1.04. The van der Waals surface area contributed by atoms with E-state index in [-0.39, 0.29) is 16.7 Å². The van der Waals surface area contributed by atoms with Gasteiger partial charge in [-0.2, -0.15) is 0 Å². The van der Waals surface area contributed by atoms with Crippen LogP contribution in [0.25, 0.3) is 0 Å². The molecule has 6 heteroatoms. The Morgan fingerprint density at radius 2 is 2.47 bits per heavy atom. The number of hydrogen-bond acceptors (Lipinski definition) is 4. The fourth-order valence-electron chi connectivity index (χ4n) is 1.83. The second-order valence-electron chi connectivity index (χ2n) is 3.93. The van der Waals surface area contributed by atoms with E-state index in [9.17, 15) is 4.79 Å². The molecule has 1 N–H and O–H groups in total. The van der Waals surface area contributed by atoms with Crippen molar-refractivity contribution in [3.63, 3.8) is 0 Å². The fraction of sp³-hybridized carbons (Fsp3) is 0.455. The molecule has 2 heterocycles. The smallest absolute Gasteiger partial charge is 0.337 e. The summed E-state index contributed by atoms with van der Waals surface area (Å²) in [7, 11) is 0. The molecule has 0 saturated carbocycles. The van der Waals surface area contributed by atoms with Gasteiger partial charge in [0.25, 0.3) is 0 Å². The highest BCUT2D eigenvalue weighted by Crippen LogP contribution is 2.28. The highest BCUT2D eigenvalue weighted by molar-refractivity contribution is 6.35. The fourth-order valence-corrected chi connectivity index (χ4v) is 2.14. The summed E-state index contributed by atoms with van der Waals surface area (Å²) in [5.74, 6) is -0.526. The molecule has 0 bridgehead atoms. The van der Waals surface area contributed by atoms with Gasteiger partial charge in [0.05, 0.1) is 23.3 Å². The maximum Gasteiger partial charge on any atom is 0.337 e. The van der Waals surface area contributed by atoms with Crippen molar-refractivity contribution in [2.75, 3.05) is 24.6 Å². The highest BCUT2D eigenvalue weighted by atomic mass is 35.5. The quantitative estimate of drug-likeness (QED) is 0.872. The Morgan fingerprint density at radius 3 is 3.12 bits per heavy atom. The number of aromatic nitrogens is 1. The van der Waals surface area contributed by atoms with E-state index in [1.165, 1.54) is 12.3 Å². The minimum absolute atomic E-state index is 0.0795. The lowest BCUT2D eigenvalue weighted by Gasteiger charge is -2.32. The maximum atomic E-state index is 11.0. The van der Waals surface area contributed by atoms with E-state index in [0.717, 1.165) is 0 Å². The molecule has 17 heavy (non-hydrogen) atoms. The summed E-state index contributed by atoms with van der Waals surface area (Å²) < 4.78 is 5.42. The number of carboxylic acid groups (broad SMARTS) is 1. The summed E-state index contributed by atoms with van der Waals surface area (Å²) in [6.45, 7) is 3.88. The Balaban J connectivity index is 2.32. The standard InChI is InChI=1S/C11H13ClN2O3/c1-7-6-14(4-5-17-7)10-9(12)8(11(15)16)2-3-13-10/h2-3,7H,4-6H2,1H3,(H,15,16). The molecule has 1 aliphatic heterocycles. The normalized spacial score (nSPS) is 20.4. The topological polar surface area (TPSA) is 62.7 Å². The molecule has 92 valence electrons. The molecule has 0 radical (unpaired) electrons. The summed E-state index contributed by atoms with van der Waals surface area (Å²) in [5.41, 5.74) is 0.0795. The number of pyridine rings is 1. The number of carbonyl (C=O) groups is 1. The van der Waals surface area contributed by atoms with Crippen molar-refractivity contribution in [1.29, 1.82) is 0 Å². The van der Waals surface area contributed by atoms with Crippen LogP contribution < -0.4 is 4.90 Å². The second kappa shape index (κ2) is 4.89. The third-order valence-corrected chi connectivity index (χ3v) is 3.01. The van der Waals surface area contributed by atoms with Crippen molar-refractivity contribution in [1.82, 2.24) is 4.98 Å². The highest BCUT2D eigenvalue weighted by Gasteiger charge is 2.22. The van der Waals surface area contributed by atoms with E-state index in [0.29, 0.717) is 25.5 Å². The first-order chi connectivity index (χ1) is 8.09. The van der Waals surface area contributed by atoms with Crippen LogP contribution in [0.4, 0.5) is 5.82 Å². The van der Waals surface area contributed by atoms with Gasteiger partial charge in [-0.15, -0.1) is 0 Å². The van der Waals surface area contributed by atoms with Crippen molar-refractivity contribution in [2.45, 2.75) is 13.0 Å². The van der Waals surface area contributed by atoms with E-state index in [4.69, 9.17) is 21.4 Å². The Bertz CT molecular complexity index is 439. The van der Waals surface area contributed by atoms with Gasteiger partial charge in [-0.3, -0.25) is 0 Å². The van der Waals surface area contributed by atoms with Gasteiger partial charge in [0.15, 0.2) is 0 Å². The van der Waals surface area contributed by atoms with Crippen LogP contribution in [0.15, 0.2) is 12.3 Å². The van der Waals surface area contributed by atoms with Gasteiger partial charge in [-0.25, -0.2) is 9.78 Å². The van der Waals surface area contributed by atoms with Crippen molar-refractivity contribution in [3.8, 4) is 0 Å². The third-order valence-electron chi connectivity index (χ3n) is 2.64. The van der Waals surface area contributed by atoms with Crippen molar-refractivity contribution >= 4 is 23.4 Å². The minimum Gasteiger partial charge on any atom is -0.478 e. The van der Waals surface area contributed by atoms with E-state index < -0.39 is 5.97 Å². The lowest BCUT2D eigenvalue weighted by molar-refractivity contribution is 0.0529. The van der Waals surface area contributed by atoms with Gasteiger partial charge >= 0.3 is 5.97 Å². The molecule has 1 aliphatic rings. The Kier molecular flexibility index (Phi) is 3.49. The van der Waals surface area contributed by atoms with Gasteiger partial charge in [0, 0.05) is 19.3 Å². The Labute approximate surface area is 104 Å². The molecule has 5 nitrogen and oxygen atoms in total. The summed E-state index contributed by atoms with van der Waals surface area (Å²) in [4.78, 5) is 17.1. The van der Waals surface area contributed by atoms with Gasteiger partial charge in [0.2, 0.25) is 0 Å². The third kappa shape index (κ3) is 2.50. The molecular formula is C11H13ClN2O3. The number of aromatic carboxylic acids is 1. The van der Waals surface area contributed by atoms with E-state index in [1.807, 2.05) is 11.8 Å². The lowest BCUT2D eigenvalue weighted by Crippen LogP contribution is -2.41. The average Bonchev–Trinajstić information content (AvgIpc) is 2.29. The van der Waals surface area contributed by atoms with Crippen molar-refractivity contribution in [2.24, 2.45) is 0 Å². The molecule has 0 aliphatic carbocycles. The predicted octanol–water partition coefficient (Wildman–Crippen LogP) is 1.66. The van der Waals surface area contributed by atoms with Crippen LogP contribution in [0.1, 0.15) is 17.3 Å².